The van der Waals surface area contributed by atoms with Crippen LogP contribution < -0.4 is 5.32 Å². The third kappa shape index (κ3) is 3.96. The molecule has 1 aromatic heterocycles. The van der Waals surface area contributed by atoms with Gasteiger partial charge in [0.2, 0.25) is 0 Å². The average molecular weight is 355 g/mol. The van der Waals surface area contributed by atoms with E-state index in [0.29, 0.717) is 11.7 Å². The summed E-state index contributed by atoms with van der Waals surface area (Å²) in [4.78, 5) is 0. The van der Waals surface area contributed by atoms with E-state index in [1.165, 1.54) is 23.1 Å². The molecule has 2 heterocycles. The van der Waals surface area contributed by atoms with Gasteiger partial charge in [0.05, 0.1) is 5.76 Å². The summed E-state index contributed by atoms with van der Waals surface area (Å²) in [6, 6.07) is 6.73. The fraction of sp³-hybridized carbons (Fsp3) is 0.550. The highest BCUT2D eigenvalue weighted by atomic mass is 16.3. The standard InChI is InChI=1S/C20H29N5O/c1-12(2)19(14(4)26)18(20-22-24-25-23-20)10-15-5-6-17(13(3)9-15)16-7-8-21-11-16/h5-6,9,12,16,18-19,21,26H,4,7-8,10-11H2,1-3H3,(H,22,23,24,25)/t16?,18-,19+/m0/s1. The molecule has 0 spiro atoms. The summed E-state index contributed by atoms with van der Waals surface area (Å²) in [6.45, 7) is 12.3. The van der Waals surface area contributed by atoms with Crippen molar-refractivity contribution in [2.45, 2.75) is 45.4 Å². The highest BCUT2D eigenvalue weighted by molar-refractivity contribution is 5.35. The van der Waals surface area contributed by atoms with Crippen molar-refractivity contribution in [2.75, 3.05) is 13.1 Å². The molecule has 140 valence electrons. The smallest absolute Gasteiger partial charge is 0.152 e. The van der Waals surface area contributed by atoms with E-state index in [2.05, 4.69) is 71.5 Å². The predicted molar refractivity (Wildman–Crippen MR) is 102 cm³/mol. The van der Waals surface area contributed by atoms with Crippen LogP contribution in [0.25, 0.3) is 0 Å². The number of hydrogen-bond acceptors (Lipinski definition) is 5. The van der Waals surface area contributed by atoms with Crippen LogP contribution in [-0.4, -0.2) is 38.8 Å². The van der Waals surface area contributed by atoms with Gasteiger partial charge in [-0.3, -0.25) is 0 Å². The monoisotopic (exact) mass is 355 g/mol. The number of aliphatic hydroxyl groups excluding tert-OH is 1. The third-order valence-corrected chi connectivity index (χ3v) is 5.54. The van der Waals surface area contributed by atoms with Gasteiger partial charge in [0.25, 0.3) is 0 Å². The number of aliphatic hydroxyl groups is 1. The van der Waals surface area contributed by atoms with Crippen LogP contribution in [0.3, 0.4) is 0 Å². The van der Waals surface area contributed by atoms with Gasteiger partial charge in [0, 0.05) is 18.4 Å². The number of aryl methyl sites for hydroxylation is 1. The van der Waals surface area contributed by atoms with Crippen molar-refractivity contribution in [3.8, 4) is 0 Å². The van der Waals surface area contributed by atoms with E-state index in [1.54, 1.807) is 0 Å². The minimum Gasteiger partial charge on any atom is -0.513 e. The number of rotatable bonds is 7. The Balaban J connectivity index is 1.87. The molecule has 0 aliphatic carbocycles. The van der Waals surface area contributed by atoms with Gasteiger partial charge in [0.15, 0.2) is 5.82 Å². The van der Waals surface area contributed by atoms with E-state index in [1.807, 2.05) is 0 Å². The molecule has 6 heteroatoms. The first-order chi connectivity index (χ1) is 12.5. The lowest BCUT2D eigenvalue weighted by Gasteiger charge is -2.28. The van der Waals surface area contributed by atoms with E-state index in [4.69, 9.17) is 0 Å². The highest BCUT2D eigenvalue weighted by Crippen LogP contribution is 2.36. The molecule has 0 saturated carbocycles. The number of hydrogen-bond donors (Lipinski definition) is 3. The first-order valence-electron chi connectivity index (χ1n) is 9.39. The number of aromatic amines is 1. The number of benzene rings is 1. The van der Waals surface area contributed by atoms with Crippen LogP contribution in [0, 0.1) is 18.8 Å². The Morgan fingerprint density at radius 2 is 2.19 bits per heavy atom. The van der Waals surface area contributed by atoms with Crippen molar-refractivity contribution in [3.05, 3.63) is 53.1 Å². The Morgan fingerprint density at radius 3 is 2.73 bits per heavy atom. The zero-order valence-corrected chi connectivity index (χ0v) is 15.9. The van der Waals surface area contributed by atoms with E-state index in [0.717, 1.165) is 19.5 Å². The molecule has 1 aromatic carbocycles. The molecular formula is C20H29N5O. The molecule has 6 nitrogen and oxygen atoms in total. The average Bonchev–Trinajstić information content (AvgIpc) is 3.27. The highest BCUT2D eigenvalue weighted by Gasteiger charge is 2.31. The summed E-state index contributed by atoms with van der Waals surface area (Å²) >= 11 is 0. The molecule has 2 aromatic rings. The zero-order valence-electron chi connectivity index (χ0n) is 15.9. The van der Waals surface area contributed by atoms with Gasteiger partial charge in [-0.15, -0.1) is 5.10 Å². The first-order valence-corrected chi connectivity index (χ1v) is 9.39. The van der Waals surface area contributed by atoms with Crippen LogP contribution in [0.2, 0.25) is 0 Å². The molecule has 0 radical (unpaired) electrons. The topological polar surface area (TPSA) is 86.7 Å². The molecule has 3 N–H and O–H groups in total. The maximum Gasteiger partial charge on any atom is 0.152 e. The van der Waals surface area contributed by atoms with Gasteiger partial charge in [-0.2, -0.15) is 0 Å². The van der Waals surface area contributed by atoms with Crippen molar-refractivity contribution in [3.63, 3.8) is 0 Å². The molecule has 1 fully saturated rings. The lowest BCUT2D eigenvalue weighted by molar-refractivity contribution is 0.243. The van der Waals surface area contributed by atoms with E-state index in [-0.39, 0.29) is 23.5 Å². The zero-order chi connectivity index (χ0) is 18.7. The van der Waals surface area contributed by atoms with Crippen molar-refractivity contribution < 1.29 is 5.11 Å². The fourth-order valence-electron chi connectivity index (χ4n) is 4.30. The normalized spacial score (nSPS) is 19.6. The van der Waals surface area contributed by atoms with Gasteiger partial charge in [-0.1, -0.05) is 38.6 Å². The Kier molecular flexibility index (Phi) is 5.71. The summed E-state index contributed by atoms with van der Waals surface area (Å²) in [5.74, 6) is 1.57. The second-order valence-electron chi connectivity index (χ2n) is 7.74. The number of allylic oxidation sites excluding steroid dienone is 1. The SMILES string of the molecule is C=C(O)[C@@H](C(C)C)[C@H](Cc1ccc(C2CCNC2)c(C)c1)c1nnn[nH]1. The number of nitrogens with zero attached hydrogens (tertiary/aromatic N) is 3. The minimum atomic E-state index is -0.108. The van der Waals surface area contributed by atoms with Crippen molar-refractivity contribution in [1.82, 2.24) is 25.9 Å². The van der Waals surface area contributed by atoms with E-state index < -0.39 is 0 Å². The summed E-state index contributed by atoms with van der Waals surface area (Å²) < 4.78 is 0. The Morgan fingerprint density at radius 1 is 1.38 bits per heavy atom. The lowest BCUT2D eigenvalue weighted by atomic mass is 9.78. The summed E-state index contributed by atoms with van der Waals surface area (Å²) in [7, 11) is 0. The first kappa shape index (κ1) is 18.6. The van der Waals surface area contributed by atoms with Gasteiger partial charge in [-0.25, -0.2) is 5.10 Å². The summed E-state index contributed by atoms with van der Waals surface area (Å²) in [5.41, 5.74) is 3.99. The molecule has 0 bridgehead atoms. The molecule has 3 rings (SSSR count). The van der Waals surface area contributed by atoms with Crippen LogP contribution in [0.1, 0.15) is 54.6 Å². The second kappa shape index (κ2) is 7.99. The van der Waals surface area contributed by atoms with Crippen LogP contribution in [0.4, 0.5) is 0 Å². The quantitative estimate of drug-likeness (QED) is 0.664. The Labute approximate surface area is 155 Å². The molecular weight excluding hydrogens is 326 g/mol. The number of nitrogens with one attached hydrogen (secondary N) is 2. The number of H-pyrrole nitrogens is 1. The van der Waals surface area contributed by atoms with Gasteiger partial charge >= 0.3 is 0 Å². The van der Waals surface area contributed by atoms with Crippen molar-refractivity contribution >= 4 is 0 Å². The molecule has 1 unspecified atom stereocenters. The third-order valence-electron chi connectivity index (χ3n) is 5.54. The number of aromatic nitrogens is 4. The molecule has 1 aliphatic heterocycles. The summed E-state index contributed by atoms with van der Waals surface area (Å²) in [6.07, 6.45) is 1.95. The van der Waals surface area contributed by atoms with E-state index >= 15 is 0 Å². The molecule has 1 saturated heterocycles. The Hall–Kier alpha value is -2.21. The minimum absolute atomic E-state index is 0.0408. The lowest BCUT2D eigenvalue weighted by Crippen LogP contribution is -2.23. The number of tetrazole rings is 1. The molecule has 26 heavy (non-hydrogen) atoms. The van der Waals surface area contributed by atoms with Crippen molar-refractivity contribution in [2.24, 2.45) is 11.8 Å². The van der Waals surface area contributed by atoms with Crippen LogP contribution in [-0.2, 0) is 6.42 Å². The van der Waals surface area contributed by atoms with E-state index in [9.17, 15) is 5.11 Å². The fourth-order valence-corrected chi connectivity index (χ4v) is 4.30. The maximum absolute atomic E-state index is 10.2. The van der Waals surface area contributed by atoms with Gasteiger partial charge < -0.3 is 10.4 Å². The molecule has 0 amide bonds. The Bertz CT molecular complexity index is 735. The largest absolute Gasteiger partial charge is 0.513 e. The van der Waals surface area contributed by atoms with Gasteiger partial charge in [-0.05, 0) is 65.3 Å². The molecule has 1 aliphatic rings. The second-order valence-corrected chi connectivity index (χ2v) is 7.74. The van der Waals surface area contributed by atoms with Crippen LogP contribution >= 0.6 is 0 Å². The van der Waals surface area contributed by atoms with Crippen molar-refractivity contribution in [1.29, 1.82) is 0 Å². The maximum atomic E-state index is 10.2. The van der Waals surface area contributed by atoms with Crippen LogP contribution in [0.5, 0.6) is 0 Å². The van der Waals surface area contributed by atoms with Gasteiger partial charge in [0.1, 0.15) is 0 Å². The molecule has 3 atom stereocenters. The summed E-state index contributed by atoms with van der Waals surface area (Å²) in [5, 5.41) is 28.1. The van der Waals surface area contributed by atoms with Crippen LogP contribution in [0.15, 0.2) is 30.5 Å². The predicted octanol–water partition coefficient (Wildman–Crippen LogP) is 3.26.